The quantitative estimate of drug-likeness (QED) is 0.140. The molecule has 0 N–H and O–H groups in total. The first kappa shape index (κ1) is 30.6. The SMILES string of the molecule is COc1cccc(C(=O)N2CCN(C(=O)CCCCSc3nnc4c5cc(C)ccc5n(Cc5ccccc5)c4n3)CC2C)c1. The molecule has 6 rings (SSSR count). The van der Waals surface area contributed by atoms with Gasteiger partial charge in [0.05, 0.1) is 12.6 Å². The van der Waals surface area contributed by atoms with Crippen LogP contribution < -0.4 is 4.74 Å². The van der Waals surface area contributed by atoms with Crippen LogP contribution in [0.5, 0.6) is 5.75 Å². The highest BCUT2D eigenvalue weighted by Crippen LogP contribution is 2.29. The van der Waals surface area contributed by atoms with Crippen LogP contribution in [0.4, 0.5) is 0 Å². The number of carbonyl (C=O) groups is 2. The van der Waals surface area contributed by atoms with E-state index in [1.807, 2.05) is 34.9 Å². The third-order valence-corrected chi connectivity index (χ3v) is 9.28. The zero-order valence-electron chi connectivity index (χ0n) is 26.0. The van der Waals surface area contributed by atoms with Gasteiger partial charge in [0, 0.05) is 55.3 Å². The predicted octanol–water partition coefficient (Wildman–Crippen LogP) is 5.98. The van der Waals surface area contributed by atoms with E-state index in [0.717, 1.165) is 40.7 Å². The van der Waals surface area contributed by atoms with Crippen LogP contribution in [0.25, 0.3) is 22.1 Å². The van der Waals surface area contributed by atoms with Gasteiger partial charge >= 0.3 is 0 Å². The molecular formula is C35H38N6O3S. The van der Waals surface area contributed by atoms with Crippen molar-refractivity contribution in [3.63, 3.8) is 0 Å². The second-order valence-corrected chi connectivity index (χ2v) is 12.6. The number of thioether (sulfide) groups is 1. The lowest BCUT2D eigenvalue weighted by molar-refractivity contribution is -0.133. The lowest BCUT2D eigenvalue weighted by Gasteiger charge is -2.40. The Balaban J connectivity index is 1.02. The fourth-order valence-corrected chi connectivity index (χ4v) is 6.73. The molecular weight excluding hydrogens is 584 g/mol. The van der Waals surface area contributed by atoms with Crippen LogP contribution in [0.3, 0.4) is 0 Å². The number of carbonyl (C=O) groups excluding carboxylic acids is 2. The zero-order valence-corrected chi connectivity index (χ0v) is 26.8. The number of amides is 2. The number of nitrogens with zero attached hydrogens (tertiary/aromatic N) is 6. The fraction of sp³-hybridized carbons (Fsp3) is 0.343. The Hall–Kier alpha value is -4.44. The molecule has 2 amide bonds. The normalized spacial score (nSPS) is 15.1. The highest BCUT2D eigenvalue weighted by Gasteiger charge is 2.30. The number of aryl methyl sites for hydroxylation is 1. The van der Waals surface area contributed by atoms with Crippen LogP contribution in [0, 0.1) is 6.92 Å². The Morgan fingerprint density at radius 2 is 1.82 bits per heavy atom. The molecule has 5 aromatic rings. The number of aromatic nitrogens is 4. The summed E-state index contributed by atoms with van der Waals surface area (Å²) in [5.41, 5.74) is 5.73. The average Bonchev–Trinajstić information content (AvgIpc) is 3.36. The van der Waals surface area contributed by atoms with Gasteiger partial charge < -0.3 is 19.1 Å². The number of piperazine rings is 1. The Kier molecular flexibility index (Phi) is 9.30. The number of benzene rings is 3. The van der Waals surface area contributed by atoms with Crippen molar-refractivity contribution in [3.8, 4) is 5.75 Å². The van der Waals surface area contributed by atoms with Gasteiger partial charge in [0.2, 0.25) is 11.1 Å². The van der Waals surface area contributed by atoms with Gasteiger partial charge in [0.25, 0.3) is 5.91 Å². The van der Waals surface area contributed by atoms with E-state index >= 15 is 0 Å². The van der Waals surface area contributed by atoms with E-state index in [9.17, 15) is 9.59 Å². The second-order valence-electron chi connectivity index (χ2n) is 11.6. The van der Waals surface area contributed by atoms with Crippen molar-refractivity contribution < 1.29 is 14.3 Å². The van der Waals surface area contributed by atoms with Gasteiger partial charge in [-0.2, -0.15) is 0 Å². The summed E-state index contributed by atoms with van der Waals surface area (Å²) in [7, 11) is 1.59. The van der Waals surface area contributed by atoms with Crippen molar-refractivity contribution in [1.29, 1.82) is 0 Å². The molecule has 2 aromatic heterocycles. The largest absolute Gasteiger partial charge is 0.497 e. The minimum atomic E-state index is -0.0575. The number of ether oxygens (including phenoxy) is 1. The molecule has 3 aromatic carbocycles. The van der Waals surface area contributed by atoms with E-state index in [4.69, 9.17) is 9.72 Å². The third-order valence-electron chi connectivity index (χ3n) is 8.36. The van der Waals surface area contributed by atoms with Crippen molar-refractivity contribution in [2.75, 3.05) is 32.5 Å². The minimum absolute atomic E-state index is 0.0315. The molecule has 9 nitrogen and oxygen atoms in total. The Labute approximate surface area is 267 Å². The van der Waals surface area contributed by atoms with Crippen LogP contribution >= 0.6 is 11.8 Å². The summed E-state index contributed by atoms with van der Waals surface area (Å²) in [5, 5.41) is 10.8. The number of fused-ring (bicyclic) bond motifs is 3. The summed E-state index contributed by atoms with van der Waals surface area (Å²) < 4.78 is 7.49. The third kappa shape index (κ3) is 6.81. The van der Waals surface area contributed by atoms with Crippen molar-refractivity contribution in [1.82, 2.24) is 29.5 Å². The Morgan fingerprint density at radius 1 is 0.978 bits per heavy atom. The fourth-order valence-electron chi connectivity index (χ4n) is 5.95. The number of unbranched alkanes of at least 4 members (excludes halogenated alkanes) is 1. The molecule has 1 aliphatic rings. The molecule has 0 saturated carbocycles. The molecule has 1 fully saturated rings. The molecule has 0 aliphatic carbocycles. The van der Waals surface area contributed by atoms with Gasteiger partial charge in [-0.1, -0.05) is 59.8 Å². The van der Waals surface area contributed by atoms with E-state index in [1.165, 1.54) is 11.1 Å². The summed E-state index contributed by atoms with van der Waals surface area (Å²) in [6, 6.07) is 23.9. The van der Waals surface area contributed by atoms with E-state index in [-0.39, 0.29) is 17.9 Å². The lowest BCUT2D eigenvalue weighted by atomic mass is 10.1. The first-order chi connectivity index (χ1) is 21.9. The molecule has 1 unspecified atom stereocenters. The van der Waals surface area contributed by atoms with Crippen LogP contribution in [0.2, 0.25) is 0 Å². The molecule has 1 atom stereocenters. The van der Waals surface area contributed by atoms with Crippen molar-refractivity contribution in [2.24, 2.45) is 0 Å². The molecule has 1 aliphatic heterocycles. The average molecular weight is 623 g/mol. The standard InChI is InChI=1S/C35H38N6O3S/c1-24-15-16-30-29(20-24)32-33(41(30)23-26-10-5-4-6-11-26)36-35(38-37-32)45-19-8-7-14-31(42)39-17-18-40(25(2)22-39)34(43)27-12-9-13-28(21-27)44-3/h4-6,9-13,15-16,20-21,25H,7-8,14,17-19,22-23H2,1-3H3. The minimum Gasteiger partial charge on any atom is -0.497 e. The van der Waals surface area contributed by atoms with Crippen molar-refractivity contribution >= 4 is 45.6 Å². The summed E-state index contributed by atoms with van der Waals surface area (Å²) in [4.78, 5) is 34.8. The Morgan fingerprint density at radius 3 is 2.62 bits per heavy atom. The summed E-state index contributed by atoms with van der Waals surface area (Å²) >= 11 is 1.58. The van der Waals surface area contributed by atoms with Gasteiger partial charge in [-0.25, -0.2) is 4.98 Å². The van der Waals surface area contributed by atoms with Crippen LogP contribution in [-0.4, -0.2) is 79.9 Å². The number of hydrogen-bond acceptors (Lipinski definition) is 7. The predicted molar refractivity (Wildman–Crippen MR) is 178 cm³/mol. The molecule has 232 valence electrons. The first-order valence-electron chi connectivity index (χ1n) is 15.4. The number of rotatable bonds is 10. The number of hydrogen-bond donors (Lipinski definition) is 0. The summed E-state index contributed by atoms with van der Waals surface area (Å²) in [6.07, 6.45) is 2.14. The van der Waals surface area contributed by atoms with Gasteiger partial charge in [-0.15, -0.1) is 10.2 Å². The molecule has 45 heavy (non-hydrogen) atoms. The van der Waals surface area contributed by atoms with E-state index in [0.29, 0.717) is 49.1 Å². The molecule has 1 saturated heterocycles. The highest BCUT2D eigenvalue weighted by atomic mass is 32.2. The molecule has 0 spiro atoms. The van der Waals surface area contributed by atoms with Crippen LogP contribution in [0.15, 0.2) is 78.0 Å². The molecule has 3 heterocycles. The van der Waals surface area contributed by atoms with Gasteiger partial charge in [0.1, 0.15) is 11.3 Å². The maximum Gasteiger partial charge on any atom is 0.254 e. The highest BCUT2D eigenvalue weighted by molar-refractivity contribution is 7.99. The monoisotopic (exact) mass is 622 g/mol. The topological polar surface area (TPSA) is 93.5 Å². The van der Waals surface area contributed by atoms with Crippen LogP contribution in [-0.2, 0) is 11.3 Å². The molecule has 10 heteroatoms. The number of methoxy groups -OCH3 is 1. The van der Waals surface area contributed by atoms with Gasteiger partial charge in [-0.05, 0) is 62.6 Å². The van der Waals surface area contributed by atoms with Gasteiger partial charge in [0.15, 0.2) is 5.65 Å². The van der Waals surface area contributed by atoms with E-state index in [1.54, 1.807) is 31.0 Å². The van der Waals surface area contributed by atoms with Crippen LogP contribution in [0.1, 0.15) is 47.7 Å². The smallest absolute Gasteiger partial charge is 0.254 e. The lowest BCUT2D eigenvalue weighted by Crippen LogP contribution is -2.55. The van der Waals surface area contributed by atoms with E-state index < -0.39 is 0 Å². The summed E-state index contributed by atoms with van der Waals surface area (Å²) in [5.74, 6) is 1.57. The summed E-state index contributed by atoms with van der Waals surface area (Å²) in [6.45, 7) is 6.40. The molecule has 0 radical (unpaired) electrons. The van der Waals surface area contributed by atoms with Gasteiger partial charge in [-0.3, -0.25) is 9.59 Å². The second kappa shape index (κ2) is 13.7. The van der Waals surface area contributed by atoms with E-state index in [2.05, 4.69) is 64.2 Å². The molecule has 0 bridgehead atoms. The van der Waals surface area contributed by atoms with Crippen molar-refractivity contribution in [2.45, 2.75) is 50.9 Å². The maximum absolute atomic E-state index is 13.1. The zero-order chi connectivity index (χ0) is 31.3. The Bertz CT molecular complexity index is 1830. The maximum atomic E-state index is 13.1. The first-order valence-corrected chi connectivity index (χ1v) is 16.4. The van der Waals surface area contributed by atoms with Crippen molar-refractivity contribution in [3.05, 3.63) is 89.5 Å².